The van der Waals surface area contributed by atoms with Gasteiger partial charge in [-0.1, -0.05) is 0 Å². The first-order valence-corrected chi connectivity index (χ1v) is 14.8. The van der Waals surface area contributed by atoms with E-state index >= 15 is 0 Å². The van der Waals surface area contributed by atoms with Gasteiger partial charge in [-0.3, -0.25) is 0 Å². The molecule has 0 N–H and O–H groups in total. The molecule has 0 spiro atoms. The summed E-state index contributed by atoms with van der Waals surface area (Å²) in [6.45, 7) is 0. The van der Waals surface area contributed by atoms with Crippen molar-refractivity contribution in [1.82, 2.24) is 4.98 Å². The van der Waals surface area contributed by atoms with Crippen LogP contribution in [0.1, 0.15) is 10.5 Å². The van der Waals surface area contributed by atoms with Crippen molar-refractivity contribution in [1.29, 1.82) is 0 Å². The fourth-order valence-electron chi connectivity index (χ4n) is 2.25. The van der Waals surface area contributed by atoms with Gasteiger partial charge in [-0.05, 0) is 0 Å². The van der Waals surface area contributed by atoms with Crippen LogP contribution in [0.4, 0.5) is 0 Å². The van der Waals surface area contributed by atoms with E-state index in [0.29, 0.717) is 0 Å². The Morgan fingerprint density at radius 2 is 1.35 bits per heavy atom. The zero-order valence-electron chi connectivity index (χ0n) is 12.2. The van der Waals surface area contributed by atoms with E-state index in [1.165, 1.54) is 0 Å². The third kappa shape index (κ3) is 3.56. The number of halogens is 1. The van der Waals surface area contributed by atoms with Crippen LogP contribution in [0, 0.1) is 0 Å². The molecule has 0 amide bonds. The Labute approximate surface area is 143 Å². The summed E-state index contributed by atoms with van der Waals surface area (Å²) in [5.41, 5.74) is 0.265. The molecule has 1 aromatic heterocycles. The van der Waals surface area contributed by atoms with Gasteiger partial charge in [0.25, 0.3) is 0 Å². The molecule has 0 radical (unpaired) electrons. The van der Waals surface area contributed by atoms with E-state index in [2.05, 4.69) is 4.98 Å². The summed E-state index contributed by atoms with van der Waals surface area (Å²) < 4.78 is 7.65. The standard InChI is InChI=1S/C6H5NO2.2C6H5.ClH.Sn/c8-6(9)5-3-1-2-4-7-5;2*1-2-4-6-5-3-1;;/h1-4H,(H,8,9);2*1-5H;1H;/q;;;;+2/p-2. The molecular weight excluding hydrogens is 416 g/mol. The van der Waals surface area contributed by atoms with Crippen molar-refractivity contribution in [3.05, 3.63) is 90.8 Å². The summed E-state index contributed by atoms with van der Waals surface area (Å²) in [6, 6.07) is 24.2. The van der Waals surface area contributed by atoms with Gasteiger partial charge in [0.15, 0.2) is 0 Å². The summed E-state index contributed by atoms with van der Waals surface area (Å²) in [4.78, 5) is 16.5. The van der Waals surface area contributed by atoms with E-state index in [0.717, 1.165) is 7.16 Å². The van der Waals surface area contributed by atoms with Gasteiger partial charge in [0.05, 0.1) is 0 Å². The molecule has 3 nitrogen and oxygen atoms in total. The van der Waals surface area contributed by atoms with Crippen molar-refractivity contribution in [2.24, 2.45) is 0 Å². The Hall–Kier alpha value is -1.85. The molecule has 0 atom stereocenters. The van der Waals surface area contributed by atoms with Crippen molar-refractivity contribution in [3.8, 4) is 0 Å². The molecule has 2 aromatic carbocycles. The first kappa shape index (κ1) is 16.0. The van der Waals surface area contributed by atoms with Crippen LogP contribution in [0.25, 0.3) is 0 Å². The van der Waals surface area contributed by atoms with E-state index < -0.39 is 23.6 Å². The molecule has 23 heavy (non-hydrogen) atoms. The molecule has 0 fully saturated rings. The summed E-state index contributed by atoms with van der Waals surface area (Å²) in [6.07, 6.45) is 1.56. The predicted octanol–water partition coefficient (Wildman–Crippen LogP) is 2.73. The maximum absolute atomic E-state index is 12.5. The van der Waals surface area contributed by atoms with Crippen LogP contribution in [-0.2, 0) is 3.07 Å². The fraction of sp³-hybridized carbons (Fsp3) is 0. The van der Waals surface area contributed by atoms with E-state index in [4.69, 9.17) is 12.0 Å². The molecule has 1 heterocycles. The van der Waals surface area contributed by atoms with E-state index in [1.54, 1.807) is 24.4 Å². The minimum atomic E-state index is -4.07. The van der Waals surface area contributed by atoms with Crippen molar-refractivity contribution in [3.63, 3.8) is 0 Å². The number of aromatic nitrogens is 1. The van der Waals surface area contributed by atoms with Crippen molar-refractivity contribution >= 4 is 39.7 Å². The quantitative estimate of drug-likeness (QED) is 0.598. The Morgan fingerprint density at radius 3 is 1.83 bits per heavy atom. The zero-order chi connectivity index (χ0) is 16.1. The molecule has 0 unspecified atom stereocenters. The SMILES string of the molecule is O=C([O][Sn]([Cl])([c]1ccccc1)[c]1ccccc1)c1ccccn1. The van der Waals surface area contributed by atoms with Crippen LogP contribution in [0.3, 0.4) is 0 Å². The van der Waals surface area contributed by atoms with Gasteiger partial charge in [-0.2, -0.15) is 0 Å². The third-order valence-electron chi connectivity index (χ3n) is 3.40. The second-order valence-electron chi connectivity index (χ2n) is 4.93. The zero-order valence-corrected chi connectivity index (χ0v) is 15.8. The number of nitrogens with zero attached hydrogens (tertiary/aromatic N) is 1. The normalized spacial score (nSPS) is 11.0. The molecule has 0 aliphatic heterocycles. The Bertz CT molecular complexity index is 742. The first-order valence-electron chi connectivity index (χ1n) is 7.14. The Morgan fingerprint density at radius 1 is 0.826 bits per heavy atom. The van der Waals surface area contributed by atoms with Gasteiger partial charge in [0.1, 0.15) is 0 Å². The topological polar surface area (TPSA) is 39.2 Å². The molecule has 0 aliphatic carbocycles. The molecular formula is C18H14ClNO2Sn. The van der Waals surface area contributed by atoms with Gasteiger partial charge in [-0.15, -0.1) is 0 Å². The number of hydrogen-bond donors (Lipinski definition) is 0. The summed E-state index contributed by atoms with van der Waals surface area (Å²) in [5, 5.41) is 0. The van der Waals surface area contributed by atoms with Crippen molar-refractivity contribution < 1.29 is 7.87 Å². The first-order chi connectivity index (χ1) is 11.2. The predicted molar refractivity (Wildman–Crippen MR) is 93.4 cm³/mol. The number of carbonyl (C=O) groups excluding carboxylic acids is 1. The van der Waals surface area contributed by atoms with Gasteiger partial charge in [-0.25, -0.2) is 0 Å². The Balaban J connectivity index is 2.01. The maximum atomic E-state index is 12.5. The van der Waals surface area contributed by atoms with Crippen LogP contribution in [0.5, 0.6) is 0 Å². The van der Waals surface area contributed by atoms with E-state index in [9.17, 15) is 4.79 Å². The molecule has 3 rings (SSSR count). The number of hydrogen-bond acceptors (Lipinski definition) is 3. The average Bonchev–Trinajstić information content (AvgIpc) is 2.64. The number of pyridine rings is 1. The molecule has 0 saturated carbocycles. The number of carbonyl (C=O) groups is 1. The number of rotatable bonds is 4. The Kier molecular flexibility index (Phi) is 4.98. The summed E-state index contributed by atoms with van der Waals surface area (Å²) in [5.74, 6) is -0.482. The van der Waals surface area contributed by atoms with Gasteiger partial charge in [0.2, 0.25) is 0 Å². The molecule has 114 valence electrons. The number of benzene rings is 2. The molecule has 3 aromatic rings. The molecule has 0 bridgehead atoms. The summed E-state index contributed by atoms with van der Waals surface area (Å²) in [7, 11) is 6.97. The summed E-state index contributed by atoms with van der Waals surface area (Å²) >= 11 is -4.07. The van der Waals surface area contributed by atoms with E-state index in [1.807, 2.05) is 60.7 Å². The van der Waals surface area contributed by atoms with Crippen LogP contribution in [-0.4, -0.2) is 28.6 Å². The molecule has 0 saturated heterocycles. The van der Waals surface area contributed by atoms with Crippen molar-refractivity contribution in [2.45, 2.75) is 0 Å². The van der Waals surface area contributed by atoms with Crippen LogP contribution < -0.4 is 7.16 Å². The average molecular weight is 430 g/mol. The van der Waals surface area contributed by atoms with Gasteiger partial charge < -0.3 is 0 Å². The van der Waals surface area contributed by atoms with Gasteiger partial charge in [0, 0.05) is 0 Å². The molecule has 5 heteroatoms. The van der Waals surface area contributed by atoms with Gasteiger partial charge >= 0.3 is 143 Å². The van der Waals surface area contributed by atoms with Crippen LogP contribution >= 0.6 is 8.92 Å². The second kappa shape index (κ2) is 7.15. The van der Waals surface area contributed by atoms with E-state index in [-0.39, 0.29) is 5.69 Å². The monoisotopic (exact) mass is 431 g/mol. The van der Waals surface area contributed by atoms with Crippen LogP contribution in [0.2, 0.25) is 0 Å². The second-order valence-corrected chi connectivity index (χ2v) is 15.8. The molecule has 0 aliphatic rings. The third-order valence-corrected chi connectivity index (χ3v) is 14.3. The minimum absolute atomic E-state index is 0.265. The van der Waals surface area contributed by atoms with Crippen LogP contribution in [0.15, 0.2) is 85.1 Å². The van der Waals surface area contributed by atoms with Crippen molar-refractivity contribution in [2.75, 3.05) is 0 Å². The fourth-order valence-corrected chi connectivity index (χ4v) is 10.6.